The van der Waals surface area contributed by atoms with Crippen molar-refractivity contribution in [3.8, 4) is 0 Å². The van der Waals surface area contributed by atoms with E-state index in [1.54, 1.807) is 0 Å². The zero-order valence-electron chi connectivity index (χ0n) is 7.09. The normalized spacial score (nSPS) is 13.5. The zero-order valence-corrected chi connectivity index (χ0v) is 8.90. The smallest absolute Gasteiger partial charge is 0.261 e. The molecule has 0 saturated carbocycles. The van der Waals surface area contributed by atoms with Gasteiger partial charge in [-0.1, -0.05) is 26.8 Å². The Morgan fingerprint density at radius 1 is 1.36 bits per heavy atom. The molecule has 11 heavy (non-hydrogen) atoms. The van der Waals surface area contributed by atoms with Gasteiger partial charge in [0, 0.05) is 0 Å². The van der Waals surface area contributed by atoms with Gasteiger partial charge >= 0.3 is 0 Å². The summed E-state index contributed by atoms with van der Waals surface area (Å²) in [7, 11) is -3.44. The lowest BCUT2D eigenvalue weighted by molar-refractivity contribution is 0.466. The molecule has 0 spiro atoms. The van der Waals surface area contributed by atoms with Gasteiger partial charge in [0.25, 0.3) is 10.1 Å². The van der Waals surface area contributed by atoms with Gasteiger partial charge in [-0.2, -0.15) is 8.42 Å². The van der Waals surface area contributed by atoms with Crippen LogP contribution in [0.25, 0.3) is 0 Å². The monoisotopic (exact) mass is 194 g/mol. The first-order chi connectivity index (χ1) is 4.71. The molecule has 2 radical (unpaired) electrons. The van der Waals surface area contributed by atoms with Crippen LogP contribution in [0.15, 0.2) is 0 Å². The molecule has 0 bridgehead atoms. The maximum absolute atomic E-state index is 10.3. The molecular formula is C6H14O3SSi. The summed E-state index contributed by atoms with van der Waals surface area (Å²) in [5, 5.41) is -0.0930. The molecule has 0 heterocycles. The summed E-state index contributed by atoms with van der Waals surface area (Å²) in [4.78, 5) is 0. The molecule has 0 saturated heterocycles. The summed E-state index contributed by atoms with van der Waals surface area (Å²) in [6.45, 7) is 6.14. The third kappa shape index (κ3) is 10.1. The second-order valence-corrected chi connectivity index (χ2v) is 6.89. The highest BCUT2D eigenvalue weighted by Gasteiger charge is 2.12. The molecule has 0 unspecified atom stereocenters. The van der Waals surface area contributed by atoms with Crippen molar-refractivity contribution in [2.24, 2.45) is 5.41 Å². The van der Waals surface area contributed by atoms with Crippen LogP contribution in [0.2, 0.25) is 6.04 Å². The van der Waals surface area contributed by atoms with Gasteiger partial charge in [-0.15, -0.1) is 0 Å². The maximum atomic E-state index is 10.3. The van der Waals surface area contributed by atoms with Gasteiger partial charge in [0.1, 0.15) is 0 Å². The van der Waals surface area contributed by atoms with Crippen LogP contribution in [0.4, 0.5) is 0 Å². The predicted molar refractivity (Wildman–Crippen MR) is 46.4 cm³/mol. The fraction of sp³-hybridized carbons (Fsp3) is 1.00. The molecule has 0 aromatic carbocycles. The van der Waals surface area contributed by atoms with E-state index in [-0.39, 0.29) is 10.8 Å². The Hall–Kier alpha value is 0.127. The van der Waals surface area contributed by atoms with Gasteiger partial charge in [0.05, 0.1) is 14.9 Å². The third-order valence-electron chi connectivity index (χ3n) is 0.940. The minimum absolute atomic E-state index is 0.0930. The molecule has 1 N–H and O–H groups in total. The van der Waals surface area contributed by atoms with Crippen molar-refractivity contribution in [1.29, 1.82) is 0 Å². The van der Waals surface area contributed by atoms with E-state index in [4.69, 9.17) is 4.55 Å². The van der Waals surface area contributed by atoms with E-state index in [0.717, 1.165) is 6.04 Å². The van der Waals surface area contributed by atoms with Gasteiger partial charge in [-0.3, -0.25) is 4.55 Å². The standard InChI is InChI=1S/C6H14O3SSi/c1-6(2,3)4-11-5-10(7,8)9/h4-5H2,1-3H3,(H,7,8,9). The van der Waals surface area contributed by atoms with E-state index in [2.05, 4.69) is 0 Å². The average molecular weight is 194 g/mol. The van der Waals surface area contributed by atoms with Crippen molar-refractivity contribution >= 4 is 19.6 Å². The second kappa shape index (κ2) is 3.69. The summed E-state index contributed by atoms with van der Waals surface area (Å²) >= 11 is 0. The minimum Gasteiger partial charge on any atom is -0.286 e. The summed E-state index contributed by atoms with van der Waals surface area (Å²) < 4.78 is 29.0. The molecule has 0 atom stereocenters. The Morgan fingerprint density at radius 2 is 1.82 bits per heavy atom. The van der Waals surface area contributed by atoms with E-state index < -0.39 is 10.1 Å². The zero-order chi connectivity index (χ0) is 9.12. The van der Waals surface area contributed by atoms with Crippen molar-refractivity contribution in [1.82, 2.24) is 0 Å². The van der Waals surface area contributed by atoms with Crippen LogP contribution in [0.5, 0.6) is 0 Å². The largest absolute Gasteiger partial charge is 0.286 e. The quantitative estimate of drug-likeness (QED) is 0.538. The molecule has 0 fully saturated rings. The summed E-state index contributed by atoms with van der Waals surface area (Å²) in [6, 6.07) is 0.840. The van der Waals surface area contributed by atoms with Crippen molar-refractivity contribution in [3.63, 3.8) is 0 Å². The lowest BCUT2D eigenvalue weighted by atomic mass is 10.0. The predicted octanol–water partition coefficient (Wildman–Crippen LogP) is 1.00. The highest BCUT2D eigenvalue weighted by molar-refractivity contribution is 7.87. The van der Waals surface area contributed by atoms with Crippen LogP contribution >= 0.6 is 0 Å². The van der Waals surface area contributed by atoms with E-state index in [1.807, 2.05) is 20.8 Å². The van der Waals surface area contributed by atoms with Gasteiger partial charge in [0.2, 0.25) is 0 Å². The fourth-order valence-electron chi connectivity index (χ4n) is 0.555. The molecule has 3 nitrogen and oxygen atoms in total. The molecule has 66 valence electrons. The van der Waals surface area contributed by atoms with Crippen LogP contribution in [0.3, 0.4) is 0 Å². The van der Waals surface area contributed by atoms with Crippen LogP contribution < -0.4 is 0 Å². The summed E-state index contributed by atoms with van der Waals surface area (Å²) in [6.07, 6.45) is 0. The Balaban J connectivity index is 3.61. The Kier molecular flexibility index (Phi) is 3.73. The van der Waals surface area contributed by atoms with E-state index in [0.29, 0.717) is 9.52 Å². The van der Waals surface area contributed by atoms with Gasteiger partial charge in [0.15, 0.2) is 0 Å². The number of hydrogen-bond acceptors (Lipinski definition) is 2. The molecule has 0 aromatic rings. The molecule has 0 aliphatic rings. The fourth-order valence-corrected chi connectivity index (χ4v) is 2.75. The Morgan fingerprint density at radius 3 is 2.09 bits per heavy atom. The minimum atomic E-state index is -3.73. The lowest BCUT2D eigenvalue weighted by Gasteiger charge is -2.16. The van der Waals surface area contributed by atoms with E-state index in [1.165, 1.54) is 0 Å². The molecule has 5 heteroatoms. The first-order valence-corrected chi connectivity index (χ1v) is 6.39. The Labute approximate surface area is 70.8 Å². The Bertz CT molecular complexity index is 202. The molecular weight excluding hydrogens is 180 g/mol. The second-order valence-electron chi connectivity index (χ2n) is 3.71. The molecule has 0 rings (SSSR count). The molecule has 0 aromatic heterocycles. The summed E-state index contributed by atoms with van der Waals surface area (Å²) in [5.74, 6) is 0. The van der Waals surface area contributed by atoms with Gasteiger partial charge in [-0.05, 0) is 5.41 Å². The van der Waals surface area contributed by atoms with Gasteiger partial charge < -0.3 is 0 Å². The van der Waals surface area contributed by atoms with Crippen LogP contribution in [-0.2, 0) is 10.1 Å². The first-order valence-electron chi connectivity index (χ1n) is 3.37. The SMILES string of the molecule is CC(C)(C)C[Si]CS(=O)(=O)O. The van der Waals surface area contributed by atoms with Crippen LogP contribution in [0, 0.1) is 5.41 Å². The molecule has 0 aliphatic heterocycles. The topological polar surface area (TPSA) is 54.4 Å². The van der Waals surface area contributed by atoms with E-state index in [9.17, 15) is 8.42 Å². The van der Waals surface area contributed by atoms with Gasteiger partial charge in [-0.25, -0.2) is 0 Å². The first kappa shape index (κ1) is 11.1. The third-order valence-corrected chi connectivity index (χ3v) is 4.53. The van der Waals surface area contributed by atoms with E-state index >= 15 is 0 Å². The number of hydrogen-bond donors (Lipinski definition) is 1. The maximum Gasteiger partial charge on any atom is 0.261 e. The highest BCUT2D eigenvalue weighted by atomic mass is 32.2. The van der Waals surface area contributed by atoms with Crippen molar-refractivity contribution < 1.29 is 13.0 Å². The van der Waals surface area contributed by atoms with Crippen molar-refractivity contribution in [2.45, 2.75) is 26.8 Å². The summed E-state index contributed by atoms with van der Waals surface area (Å²) in [5.41, 5.74) is 0.156. The lowest BCUT2D eigenvalue weighted by Crippen LogP contribution is -2.16. The molecule has 0 aliphatic carbocycles. The average Bonchev–Trinajstić information content (AvgIpc) is 1.55. The van der Waals surface area contributed by atoms with Crippen molar-refractivity contribution in [2.75, 3.05) is 5.38 Å². The van der Waals surface area contributed by atoms with Crippen molar-refractivity contribution in [3.05, 3.63) is 0 Å². The number of rotatable bonds is 3. The van der Waals surface area contributed by atoms with Crippen LogP contribution in [-0.4, -0.2) is 27.9 Å². The highest BCUT2D eigenvalue weighted by Crippen LogP contribution is 2.18. The molecule has 0 amide bonds. The van der Waals surface area contributed by atoms with Crippen LogP contribution in [0.1, 0.15) is 20.8 Å².